The Hall–Kier alpha value is -3.42. The van der Waals surface area contributed by atoms with Crippen LogP contribution in [0.25, 0.3) is 0 Å². The Labute approximate surface area is 187 Å². The molecule has 0 spiro atoms. The average molecular weight is 440 g/mol. The van der Waals surface area contributed by atoms with Gasteiger partial charge in [0, 0.05) is 31.2 Å². The molecule has 32 heavy (non-hydrogen) atoms. The lowest BCUT2D eigenvalue weighted by Gasteiger charge is -2.24. The Morgan fingerprint density at radius 1 is 1.25 bits per heavy atom. The first-order valence-electron chi connectivity index (χ1n) is 10.5. The first-order valence-corrected chi connectivity index (χ1v) is 10.5. The van der Waals surface area contributed by atoms with Crippen molar-refractivity contribution in [2.24, 2.45) is 0 Å². The molecule has 1 atom stereocenters. The van der Waals surface area contributed by atoms with Crippen LogP contribution in [0.15, 0.2) is 42.7 Å². The molecule has 1 aliphatic heterocycles. The molecule has 0 bridgehead atoms. The summed E-state index contributed by atoms with van der Waals surface area (Å²) < 4.78 is 10.3. The second kappa shape index (κ2) is 9.80. The lowest BCUT2D eigenvalue weighted by atomic mass is 10.1. The van der Waals surface area contributed by atoms with Crippen molar-refractivity contribution in [2.75, 3.05) is 19.0 Å². The maximum Gasteiger partial charge on any atom is 0.338 e. The lowest BCUT2D eigenvalue weighted by molar-refractivity contribution is -0.144. The largest absolute Gasteiger partial charge is 0.469 e. The quantitative estimate of drug-likeness (QED) is 0.691. The van der Waals surface area contributed by atoms with Crippen molar-refractivity contribution in [1.29, 1.82) is 0 Å². The molecule has 8 nitrogen and oxygen atoms in total. The molecule has 1 aromatic carbocycles. The second-order valence-corrected chi connectivity index (χ2v) is 8.72. The highest BCUT2D eigenvalue weighted by atomic mass is 16.6. The predicted molar refractivity (Wildman–Crippen MR) is 119 cm³/mol. The van der Waals surface area contributed by atoms with Crippen LogP contribution in [0.2, 0.25) is 0 Å². The molecule has 2 aromatic rings. The van der Waals surface area contributed by atoms with Crippen LogP contribution in [0, 0.1) is 0 Å². The Kier molecular flexibility index (Phi) is 7.12. The number of hydrogen-bond acceptors (Lipinski definition) is 7. The number of fused-ring (bicyclic) bond motifs is 1. The number of nitrogens with zero attached hydrogens (tertiary/aromatic N) is 2. The van der Waals surface area contributed by atoms with Crippen molar-refractivity contribution in [3.63, 3.8) is 0 Å². The Morgan fingerprint density at radius 2 is 2.03 bits per heavy atom. The first-order chi connectivity index (χ1) is 15.2. The number of pyridine rings is 1. The summed E-state index contributed by atoms with van der Waals surface area (Å²) in [5.74, 6) is -1.10. The molecule has 0 unspecified atom stereocenters. The summed E-state index contributed by atoms with van der Waals surface area (Å²) in [6, 6.07) is 8.19. The van der Waals surface area contributed by atoms with Crippen molar-refractivity contribution >= 4 is 23.5 Å². The highest BCUT2D eigenvalue weighted by Gasteiger charge is 2.31. The fraction of sp³-hybridized carbons (Fsp3) is 0.417. The van der Waals surface area contributed by atoms with Crippen LogP contribution in [-0.4, -0.2) is 53.0 Å². The van der Waals surface area contributed by atoms with Crippen molar-refractivity contribution in [3.05, 3.63) is 59.4 Å². The summed E-state index contributed by atoms with van der Waals surface area (Å²) in [5.41, 5.74) is 2.28. The maximum absolute atomic E-state index is 13.2. The SMILES string of the molecule is COC(=O)C[C@@H]1Nc2ccc(C(=O)OC(C)(C)C)cc2CN(CCc2cccnc2)C1=O. The number of anilines is 1. The Balaban J connectivity index is 1.88. The summed E-state index contributed by atoms with van der Waals surface area (Å²) in [6.45, 7) is 6.18. The Bertz CT molecular complexity index is 985. The summed E-state index contributed by atoms with van der Waals surface area (Å²) >= 11 is 0. The van der Waals surface area contributed by atoms with Gasteiger partial charge in [-0.05, 0) is 62.6 Å². The third kappa shape index (κ3) is 6.06. The smallest absolute Gasteiger partial charge is 0.338 e. The van der Waals surface area contributed by atoms with E-state index >= 15 is 0 Å². The number of amides is 1. The van der Waals surface area contributed by atoms with Gasteiger partial charge in [-0.3, -0.25) is 14.6 Å². The van der Waals surface area contributed by atoms with E-state index in [1.807, 2.05) is 32.9 Å². The van der Waals surface area contributed by atoms with E-state index in [9.17, 15) is 14.4 Å². The Morgan fingerprint density at radius 3 is 2.69 bits per heavy atom. The van der Waals surface area contributed by atoms with Gasteiger partial charge in [-0.25, -0.2) is 4.79 Å². The molecule has 3 rings (SSSR count). The normalized spacial score (nSPS) is 15.9. The van der Waals surface area contributed by atoms with Gasteiger partial charge in [-0.15, -0.1) is 0 Å². The minimum Gasteiger partial charge on any atom is -0.469 e. The van der Waals surface area contributed by atoms with E-state index in [-0.39, 0.29) is 12.3 Å². The zero-order valence-corrected chi connectivity index (χ0v) is 18.9. The molecule has 1 N–H and O–H groups in total. The third-order valence-corrected chi connectivity index (χ3v) is 5.03. The number of carbonyl (C=O) groups excluding carboxylic acids is 3. The molecular weight excluding hydrogens is 410 g/mol. The lowest BCUT2D eigenvalue weighted by Crippen LogP contribution is -2.42. The van der Waals surface area contributed by atoms with Gasteiger partial charge in [0.05, 0.1) is 19.1 Å². The molecule has 1 amide bonds. The number of benzene rings is 1. The van der Waals surface area contributed by atoms with Crippen LogP contribution in [0.5, 0.6) is 0 Å². The van der Waals surface area contributed by atoms with Crippen LogP contribution in [0.1, 0.15) is 48.7 Å². The van der Waals surface area contributed by atoms with E-state index in [2.05, 4.69) is 10.3 Å². The zero-order chi connectivity index (χ0) is 23.3. The van der Waals surface area contributed by atoms with E-state index in [4.69, 9.17) is 9.47 Å². The van der Waals surface area contributed by atoms with E-state index in [1.54, 1.807) is 35.5 Å². The summed E-state index contributed by atoms with van der Waals surface area (Å²) in [6.07, 6.45) is 3.99. The highest BCUT2D eigenvalue weighted by Crippen LogP contribution is 2.27. The number of esters is 2. The highest BCUT2D eigenvalue weighted by molar-refractivity contribution is 5.93. The van der Waals surface area contributed by atoms with Crippen LogP contribution < -0.4 is 5.32 Å². The standard InChI is InChI=1S/C24H29N3O5/c1-24(2,3)32-23(30)17-7-8-19-18(12-17)15-27(11-9-16-6-5-10-25-14-16)22(29)20(26-19)13-21(28)31-4/h5-8,10,12,14,20,26H,9,11,13,15H2,1-4H3/t20-/m0/s1. The molecule has 8 heteroatoms. The number of methoxy groups -OCH3 is 1. The number of hydrogen-bond donors (Lipinski definition) is 1. The third-order valence-electron chi connectivity index (χ3n) is 5.03. The van der Waals surface area contributed by atoms with E-state index in [0.29, 0.717) is 30.8 Å². The van der Waals surface area contributed by atoms with Gasteiger partial charge in [-0.1, -0.05) is 6.07 Å². The number of nitrogens with one attached hydrogen (secondary N) is 1. The topological polar surface area (TPSA) is 97.8 Å². The van der Waals surface area contributed by atoms with Crippen molar-refractivity contribution in [3.8, 4) is 0 Å². The molecule has 1 aromatic heterocycles. The molecule has 0 aliphatic carbocycles. The number of carbonyl (C=O) groups is 3. The molecule has 2 heterocycles. The molecule has 0 saturated heterocycles. The van der Waals surface area contributed by atoms with Gasteiger partial charge in [0.1, 0.15) is 11.6 Å². The van der Waals surface area contributed by atoms with Crippen molar-refractivity contribution in [2.45, 2.75) is 51.8 Å². The maximum atomic E-state index is 13.2. The molecule has 0 radical (unpaired) electrons. The fourth-order valence-corrected chi connectivity index (χ4v) is 3.47. The predicted octanol–water partition coefficient (Wildman–Crippen LogP) is 2.97. The van der Waals surface area contributed by atoms with Gasteiger partial charge in [0.15, 0.2) is 0 Å². The van der Waals surface area contributed by atoms with Crippen LogP contribution >= 0.6 is 0 Å². The molecular formula is C24H29N3O5. The van der Waals surface area contributed by atoms with Gasteiger partial charge in [0.2, 0.25) is 5.91 Å². The number of ether oxygens (including phenoxy) is 2. The monoisotopic (exact) mass is 439 g/mol. The van der Waals surface area contributed by atoms with Gasteiger partial charge in [-0.2, -0.15) is 0 Å². The average Bonchev–Trinajstić information content (AvgIpc) is 2.87. The van der Waals surface area contributed by atoms with Gasteiger partial charge in [0.25, 0.3) is 0 Å². The minimum absolute atomic E-state index is 0.0913. The first kappa shape index (κ1) is 23.2. The molecule has 0 saturated carbocycles. The minimum atomic E-state index is -0.759. The van der Waals surface area contributed by atoms with Crippen molar-refractivity contribution < 1.29 is 23.9 Å². The van der Waals surface area contributed by atoms with Crippen LogP contribution in [0.3, 0.4) is 0 Å². The molecule has 170 valence electrons. The van der Waals surface area contributed by atoms with Crippen molar-refractivity contribution in [1.82, 2.24) is 9.88 Å². The van der Waals surface area contributed by atoms with E-state index in [1.165, 1.54) is 7.11 Å². The van der Waals surface area contributed by atoms with Crippen LogP contribution in [0.4, 0.5) is 5.69 Å². The molecule has 0 fully saturated rings. The summed E-state index contributed by atoms with van der Waals surface area (Å²) in [7, 11) is 1.30. The fourth-order valence-electron chi connectivity index (χ4n) is 3.47. The zero-order valence-electron chi connectivity index (χ0n) is 18.9. The summed E-state index contributed by atoms with van der Waals surface area (Å²) in [4.78, 5) is 43.5. The summed E-state index contributed by atoms with van der Waals surface area (Å²) in [5, 5.41) is 3.16. The number of aromatic nitrogens is 1. The van der Waals surface area contributed by atoms with Gasteiger partial charge >= 0.3 is 11.9 Å². The van der Waals surface area contributed by atoms with Crippen LogP contribution in [-0.2, 0) is 32.0 Å². The van der Waals surface area contributed by atoms with E-state index in [0.717, 1.165) is 11.1 Å². The molecule has 1 aliphatic rings. The number of rotatable bonds is 6. The van der Waals surface area contributed by atoms with E-state index < -0.39 is 23.6 Å². The van der Waals surface area contributed by atoms with Gasteiger partial charge < -0.3 is 19.7 Å². The second-order valence-electron chi connectivity index (χ2n) is 8.72.